The van der Waals surface area contributed by atoms with Crippen molar-refractivity contribution in [1.29, 1.82) is 0 Å². The highest BCUT2D eigenvalue weighted by Crippen LogP contribution is 2.24. The lowest BCUT2D eigenvalue weighted by Crippen LogP contribution is -2.40. The lowest BCUT2D eigenvalue weighted by Gasteiger charge is -2.21. The van der Waals surface area contributed by atoms with Gasteiger partial charge in [0.05, 0.1) is 26.2 Å². The highest BCUT2D eigenvalue weighted by molar-refractivity contribution is 5.82. The first-order valence-corrected chi connectivity index (χ1v) is 9.27. The van der Waals surface area contributed by atoms with Crippen LogP contribution in [-0.2, 0) is 20.8 Å². The maximum atomic E-state index is 12.0. The first-order chi connectivity index (χ1) is 13.1. The molecule has 0 amide bonds. The average molecular weight is 378 g/mol. The molecule has 0 aromatic carbocycles. The Bertz CT molecular complexity index is 638. The summed E-state index contributed by atoms with van der Waals surface area (Å²) >= 11 is 0. The fourth-order valence-electron chi connectivity index (χ4n) is 3.08. The van der Waals surface area contributed by atoms with E-state index in [1.807, 2.05) is 19.1 Å². The van der Waals surface area contributed by atoms with Gasteiger partial charge in [0.1, 0.15) is 6.61 Å². The van der Waals surface area contributed by atoms with E-state index in [2.05, 4.69) is 22.1 Å². The Morgan fingerprint density at radius 1 is 1.37 bits per heavy atom. The zero-order chi connectivity index (χ0) is 19.6. The number of nitrogens with one attached hydrogen (secondary N) is 1. The van der Waals surface area contributed by atoms with Crippen LogP contribution in [0.2, 0.25) is 0 Å². The zero-order valence-corrected chi connectivity index (χ0v) is 16.6. The number of carbonyl (C=O) groups excluding carboxylic acids is 1. The van der Waals surface area contributed by atoms with Crippen LogP contribution in [0.1, 0.15) is 19.4 Å². The van der Waals surface area contributed by atoms with Gasteiger partial charge < -0.3 is 24.4 Å². The molecule has 2 unspecified atom stereocenters. The van der Waals surface area contributed by atoms with E-state index in [-0.39, 0.29) is 17.8 Å². The second-order valence-corrected chi connectivity index (χ2v) is 6.49. The van der Waals surface area contributed by atoms with E-state index in [0.29, 0.717) is 32.2 Å². The van der Waals surface area contributed by atoms with Crippen molar-refractivity contribution in [2.24, 2.45) is 16.8 Å². The number of ether oxygens (including phenoxy) is 3. The first-order valence-electron chi connectivity index (χ1n) is 9.27. The standard InChI is InChI=1S/C19H30N4O4/c1-5-20-19(23-12-14(2)16(13-23)18(24)26-4)22-11-15-7-6-8-21-17(15)27-10-9-25-3/h6-8,14,16H,5,9-13H2,1-4H3,(H,20,22). The number of guanidine groups is 1. The number of esters is 1. The number of aliphatic imine (C=N–C) groups is 1. The van der Waals surface area contributed by atoms with E-state index >= 15 is 0 Å². The molecule has 2 atom stereocenters. The fourth-order valence-corrected chi connectivity index (χ4v) is 3.08. The third kappa shape index (κ3) is 5.82. The van der Waals surface area contributed by atoms with Crippen molar-refractivity contribution >= 4 is 11.9 Å². The van der Waals surface area contributed by atoms with Gasteiger partial charge in [-0.1, -0.05) is 13.0 Å². The number of likely N-dealkylation sites (tertiary alicyclic amines) is 1. The SMILES string of the molecule is CCNC(=NCc1cccnc1OCCOC)N1CC(C)C(C(=O)OC)C1. The molecule has 1 aliphatic rings. The summed E-state index contributed by atoms with van der Waals surface area (Å²) in [6, 6.07) is 3.82. The molecule has 1 fully saturated rings. The van der Waals surface area contributed by atoms with Gasteiger partial charge in [-0.2, -0.15) is 0 Å². The predicted octanol–water partition coefficient (Wildman–Crippen LogP) is 1.31. The second-order valence-electron chi connectivity index (χ2n) is 6.49. The van der Waals surface area contributed by atoms with Gasteiger partial charge in [0.25, 0.3) is 0 Å². The van der Waals surface area contributed by atoms with E-state index in [1.165, 1.54) is 7.11 Å². The molecule has 0 radical (unpaired) electrons. The van der Waals surface area contributed by atoms with Crippen LogP contribution < -0.4 is 10.1 Å². The summed E-state index contributed by atoms with van der Waals surface area (Å²) in [7, 11) is 3.07. The third-order valence-electron chi connectivity index (χ3n) is 4.53. The predicted molar refractivity (Wildman–Crippen MR) is 103 cm³/mol. The van der Waals surface area contributed by atoms with Crippen LogP contribution in [-0.4, -0.2) is 68.9 Å². The monoisotopic (exact) mass is 378 g/mol. The Hall–Kier alpha value is -2.35. The second kappa shape index (κ2) is 10.7. The molecule has 8 nitrogen and oxygen atoms in total. The van der Waals surface area contributed by atoms with Gasteiger partial charge in [0, 0.05) is 38.5 Å². The summed E-state index contributed by atoms with van der Waals surface area (Å²) in [5.41, 5.74) is 0.903. The van der Waals surface area contributed by atoms with Crippen molar-refractivity contribution in [3.8, 4) is 5.88 Å². The molecule has 8 heteroatoms. The van der Waals surface area contributed by atoms with Crippen LogP contribution in [0, 0.1) is 11.8 Å². The Labute approximate surface area is 160 Å². The van der Waals surface area contributed by atoms with Gasteiger partial charge in [0.15, 0.2) is 5.96 Å². The minimum Gasteiger partial charge on any atom is -0.475 e. The van der Waals surface area contributed by atoms with Gasteiger partial charge in [-0.25, -0.2) is 9.98 Å². The molecule has 1 aliphatic heterocycles. The summed E-state index contributed by atoms with van der Waals surface area (Å²) in [6.07, 6.45) is 1.70. The molecule has 150 valence electrons. The van der Waals surface area contributed by atoms with Gasteiger partial charge in [-0.3, -0.25) is 4.79 Å². The molecular weight excluding hydrogens is 348 g/mol. The summed E-state index contributed by atoms with van der Waals surface area (Å²) in [5, 5.41) is 3.31. The van der Waals surface area contributed by atoms with Crippen LogP contribution in [0.3, 0.4) is 0 Å². The molecule has 2 rings (SSSR count). The molecule has 0 bridgehead atoms. The average Bonchev–Trinajstić information content (AvgIpc) is 3.07. The zero-order valence-electron chi connectivity index (χ0n) is 16.6. The van der Waals surface area contributed by atoms with E-state index in [4.69, 9.17) is 19.2 Å². The highest BCUT2D eigenvalue weighted by Gasteiger charge is 2.36. The largest absolute Gasteiger partial charge is 0.475 e. The molecule has 0 aliphatic carbocycles. The quantitative estimate of drug-likeness (QED) is 0.316. The van der Waals surface area contributed by atoms with E-state index in [9.17, 15) is 4.79 Å². The summed E-state index contributed by atoms with van der Waals surface area (Å²) in [4.78, 5) is 23.1. The molecule has 0 saturated carbocycles. The van der Waals surface area contributed by atoms with Crippen LogP contribution >= 0.6 is 0 Å². The molecule has 1 aromatic heterocycles. The molecule has 1 aromatic rings. The topological polar surface area (TPSA) is 85.3 Å². The Balaban J connectivity index is 2.09. The minimum absolute atomic E-state index is 0.134. The smallest absolute Gasteiger partial charge is 0.310 e. The lowest BCUT2D eigenvalue weighted by molar-refractivity contribution is -0.145. The minimum atomic E-state index is -0.165. The van der Waals surface area contributed by atoms with Gasteiger partial charge in [-0.15, -0.1) is 0 Å². The lowest BCUT2D eigenvalue weighted by atomic mass is 9.99. The van der Waals surface area contributed by atoms with Crippen LogP contribution in [0.15, 0.2) is 23.3 Å². The summed E-state index contributed by atoms with van der Waals surface area (Å²) in [6.45, 7) is 7.57. The van der Waals surface area contributed by atoms with Gasteiger partial charge >= 0.3 is 5.97 Å². The maximum absolute atomic E-state index is 12.0. The van der Waals surface area contributed by atoms with Crippen molar-refractivity contribution in [3.63, 3.8) is 0 Å². The van der Waals surface area contributed by atoms with Crippen LogP contribution in [0.5, 0.6) is 5.88 Å². The van der Waals surface area contributed by atoms with Crippen molar-refractivity contribution in [1.82, 2.24) is 15.2 Å². The molecule has 2 heterocycles. The fraction of sp³-hybridized carbons (Fsp3) is 0.632. The molecule has 0 spiro atoms. The molecule has 1 saturated heterocycles. The Morgan fingerprint density at radius 2 is 2.19 bits per heavy atom. The van der Waals surface area contributed by atoms with Crippen LogP contribution in [0.25, 0.3) is 0 Å². The number of nitrogens with zero attached hydrogens (tertiary/aromatic N) is 3. The van der Waals surface area contributed by atoms with Crippen molar-refractivity contribution in [3.05, 3.63) is 23.9 Å². The van der Waals surface area contributed by atoms with Crippen molar-refractivity contribution < 1.29 is 19.0 Å². The summed E-state index contributed by atoms with van der Waals surface area (Å²) in [5.74, 6) is 1.26. The van der Waals surface area contributed by atoms with E-state index in [0.717, 1.165) is 24.6 Å². The normalized spacial score (nSPS) is 19.9. The first kappa shape index (κ1) is 21.0. The molecule has 1 N–H and O–H groups in total. The highest BCUT2D eigenvalue weighted by atomic mass is 16.5. The van der Waals surface area contributed by atoms with Crippen LogP contribution in [0.4, 0.5) is 0 Å². The van der Waals surface area contributed by atoms with E-state index < -0.39 is 0 Å². The number of hydrogen-bond donors (Lipinski definition) is 1. The number of carbonyl (C=O) groups is 1. The Kier molecular flexibility index (Phi) is 8.32. The number of aromatic nitrogens is 1. The number of rotatable bonds is 8. The molecular formula is C19H30N4O4. The van der Waals surface area contributed by atoms with Crippen molar-refractivity contribution in [2.75, 3.05) is 47.1 Å². The van der Waals surface area contributed by atoms with Gasteiger partial charge in [-0.05, 0) is 18.9 Å². The molecule has 27 heavy (non-hydrogen) atoms. The van der Waals surface area contributed by atoms with Crippen molar-refractivity contribution in [2.45, 2.75) is 20.4 Å². The number of hydrogen-bond acceptors (Lipinski definition) is 6. The Morgan fingerprint density at radius 3 is 2.89 bits per heavy atom. The number of pyridine rings is 1. The van der Waals surface area contributed by atoms with Gasteiger partial charge in [0.2, 0.25) is 5.88 Å². The van der Waals surface area contributed by atoms with E-state index in [1.54, 1.807) is 13.3 Å². The maximum Gasteiger partial charge on any atom is 0.310 e. The third-order valence-corrected chi connectivity index (χ3v) is 4.53. The summed E-state index contributed by atoms with van der Waals surface area (Å²) < 4.78 is 15.6. The number of methoxy groups -OCH3 is 2.